The lowest BCUT2D eigenvalue weighted by molar-refractivity contribution is -0.137. The van der Waals surface area contributed by atoms with Crippen LogP contribution in [0.5, 0.6) is 0 Å². The average molecular weight is 303 g/mol. The van der Waals surface area contributed by atoms with Gasteiger partial charge in [-0.3, -0.25) is 9.59 Å². The molecule has 118 valence electrons. The molecule has 1 aromatic carbocycles. The van der Waals surface area contributed by atoms with Gasteiger partial charge >= 0.3 is 5.97 Å². The highest BCUT2D eigenvalue weighted by atomic mass is 16.5. The number of carbonyl (C=O) groups is 3. The number of hydrogen-bond acceptors (Lipinski definition) is 4. The van der Waals surface area contributed by atoms with Crippen LogP contribution in [0.1, 0.15) is 25.8 Å². The fraction of sp³-hybridized carbons (Fsp3) is 0.353. The van der Waals surface area contributed by atoms with E-state index in [1.54, 1.807) is 6.92 Å². The van der Waals surface area contributed by atoms with Crippen molar-refractivity contribution in [2.24, 2.45) is 0 Å². The lowest BCUT2D eigenvalue weighted by atomic mass is 10.2. The minimum atomic E-state index is -0.554. The molecule has 0 atom stereocenters. The highest BCUT2D eigenvalue weighted by Gasteiger charge is 2.12. The van der Waals surface area contributed by atoms with Crippen molar-refractivity contribution in [3.63, 3.8) is 0 Å². The van der Waals surface area contributed by atoms with Crippen LogP contribution >= 0.6 is 0 Å². The normalized spacial score (nSPS) is 10.5. The van der Waals surface area contributed by atoms with Gasteiger partial charge in [-0.05, 0) is 19.4 Å². The highest BCUT2D eigenvalue weighted by Crippen LogP contribution is 2.06. The minimum absolute atomic E-state index is 0.0141. The van der Waals surface area contributed by atoms with E-state index < -0.39 is 5.97 Å². The van der Waals surface area contributed by atoms with Crippen LogP contribution in [-0.4, -0.2) is 35.7 Å². The summed E-state index contributed by atoms with van der Waals surface area (Å²) in [6.45, 7) is 4.15. The molecule has 0 spiro atoms. The Labute approximate surface area is 130 Å². The maximum Gasteiger partial charge on any atom is 0.330 e. The Kier molecular flexibility index (Phi) is 7.61. The molecule has 5 heteroatoms. The smallest absolute Gasteiger partial charge is 0.330 e. The average Bonchev–Trinajstić information content (AvgIpc) is 2.50. The fourth-order valence-corrected chi connectivity index (χ4v) is 1.80. The summed E-state index contributed by atoms with van der Waals surface area (Å²) >= 11 is 0. The van der Waals surface area contributed by atoms with Crippen molar-refractivity contribution >= 4 is 17.7 Å². The standard InChI is InChI=1S/C17H21NO4/c1-3-22-17(21)10-9-16(20)18(12-11-14(2)19)13-15-7-5-4-6-8-15/h4-10H,3,11-13H2,1-2H3/b10-9+. The van der Waals surface area contributed by atoms with Crippen LogP contribution in [0.3, 0.4) is 0 Å². The molecule has 0 aliphatic rings. The van der Waals surface area contributed by atoms with Crippen LogP contribution in [0.15, 0.2) is 42.5 Å². The number of esters is 1. The zero-order chi connectivity index (χ0) is 16.4. The van der Waals surface area contributed by atoms with E-state index in [1.807, 2.05) is 30.3 Å². The zero-order valence-electron chi connectivity index (χ0n) is 13.0. The van der Waals surface area contributed by atoms with Gasteiger partial charge in [0.15, 0.2) is 0 Å². The summed E-state index contributed by atoms with van der Waals surface area (Å²) in [7, 11) is 0. The topological polar surface area (TPSA) is 63.7 Å². The molecule has 0 bridgehead atoms. The Balaban J connectivity index is 2.73. The number of ketones is 1. The van der Waals surface area contributed by atoms with E-state index in [9.17, 15) is 14.4 Å². The number of ether oxygens (including phenoxy) is 1. The zero-order valence-corrected chi connectivity index (χ0v) is 13.0. The molecule has 1 rings (SSSR count). The third kappa shape index (κ3) is 6.83. The third-order valence-electron chi connectivity index (χ3n) is 2.91. The molecule has 0 heterocycles. The SMILES string of the molecule is CCOC(=O)/C=C/C(=O)N(CCC(C)=O)Cc1ccccc1. The van der Waals surface area contributed by atoms with E-state index in [-0.39, 0.29) is 24.7 Å². The summed E-state index contributed by atoms with van der Waals surface area (Å²) in [5.41, 5.74) is 0.962. The first-order valence-corrected chi connectivity index (χ1v) is 7.20. The van der Waals surface area contributed by atoms with Crippen LogP contribution in [0, 0.1) is 0 Å². The molecular weight excluding hydrogens is 282 g/mol. The first-order valence-electron chi connectivity index (χ1n) is 7.20. The Morgan fingerprint density at radius 3 is 2.41 bits per heavy atom. The van der Waals surface area contributed by atoms with Crippen molar-refractivity contribution < 1.29 is 19.1 Å². The van der Waals surface area contributed by atoms with Crippen LogP contribution in [0.25, 0.3) is 0 Å². The second-order valence-electron chi connectivity index (χ2n) is 4.78. The molecule has 0 unspecified atom stereocenters. The third-order valence-corrected chi connectivity index (χ3v) is 2.91. The van der Waals surface area contributed by atoms with Crippen LogP contribution < -0.4 is 0 Å². The lowest BCUT2D eigenvalue weighted by Gasteiger charge is -2.20. The Morgan fingerprint density at radius 2 is 1.82 bits per heavy atom. The van der Waals surface area contributed by atoms with Gasteiger partial charge < -0.3 is 9.64 Å². The van der Waals surface area contributed by atoms with Gasteiger partial charge in [-0.2, -0.15) is 0 Å². The second-order valence-corrected chi connectivity index (χ2v) is 4.78. The van der Waals surface area contributed by atoms with Gasteiger partial charge in [-0.25, -0.2) is 4.79 Å². The molecule has 0 aliphatic heterocycles. The van der Waals surface area contributed by atoms with E-state index in [2.05, 4.69) is 0 Å². The Morgan fingerprint density at radius 1 is 1.14 bits per heavy atom. The van der Waals surface area contributed by atoms with Crippen LogP contribution in [-0.2, 0) is 25.7 Å². The number of amides is 1. The fourth-order valence-electron chi connectivity index (χ4n) is 1.80. The van der Waals surface area contributed by atoms with Gasteiger partial charge in [-0.15, -0.1) is 0 Å². The number of nitrogens with zero attached hydrogens (tertiary/aromatic N) is 1. The first-order chi connectivity index (χ1) is 10.5. The minimum Gasteiger partial charge on any atom is -0.463 e. The molecule has 0 aromatic heterocycles. The van der Waals surface area contributed by atoms with Crippen molar-refractivity contribution in [3.05, 3.63) is 48.0 Å². The summed E-state index contributed by atoms with van der Waals surface area (Å²) in [6, 6.07) is 9.48. The molecule has 22 heavy (non-hydrogen) atoms. The molecule has 0 aliphatic carbocycles. The van der Waals surface area contributed by atoms with Crippen molar-refractivity contribution in [2.45, 2.75) is 26.8 Å². The largest absolute Gasteiger partial charge is 0.463 e. The van der Waals surface area contributed by atoms with E-state index in [0.717, 1.165) is 11.6 Å². The van der Waals surface area contributed by atoms with E-state index >= 15 is 0 Å². The van der Waals surface area contributed by atoms with E-state index in [4.69, 9.17) is 4.74 Å². The molecule has 0 saturated heterocycles. The maximum atomic E-state index is 12.2. The molecule has 0 saturated carbocycles. The molecular formula is C17H21NO4. The van der Waals surface area contributed by atoms with Crippen LogP contribution in [0.4, 0.5) is 0 Å². The second kappa shape index (κ2) is 9.50. The number of rotatable bonds is 8. The summed E-state index contributed by atoms with van der Waals surface area (Å²) < 4.78 is 4.74. The number of hydrogen-bond donors (Lipinski definition) is 0. The van der Waals surface area contributed by atoms with Crippen molar-refractivity contribution in [3.8, 4) is 0 Å². The molecule has 1 amide bonds. The van der Waals surface area contributed by atoms with Gasteiger partial charge in [-0.1, -0.05) is 30.3 Å². The number of benzene rings is 1. The lowest BCUT2D eigenvalue weighted by Crippen LogP contribution is -2.31. The number of Topliss-reactive ketones (excluding diaryl/α,β-unsaturated/α-hetero) is 1. The van der Waals surface area contributed by atoms with Gasteiger partial charge in [0.25, 0.3) is 0 Å². The maximum absolute atomic E-state index is 12.2. The van der Waals surface area contributed by atoms with Gasteiger partial charge in [0.2, 0.25) is 5.91 Å². The van der Waals surface area contributed by atoms with Gasteiger partial charge in [0, 0.05) is 31.7 Å². The molecule has 5 nitrogen and oxygen atoms in total. The van der Waals surface area contributed by atoms with E-state index in [0.29, 0.717) is 13.1 Å². The molecule has 1 aromatic rings. The van der Waals surface area contributed by atoms with Crippen molar-refractivity contribution in [1.82, 2.24) is 4.90 Å². The number of carbonyl (C=O) groups excluding carboxylic acids is 3. The summed E-state index contributed by atoms with van der Waals surface area (Å²) in [5.74, 6) is -0.861. The van der Waals surface area contributed by atoms with Gasteiger partial charge in [0.1, 0.15) is 5.78 Å². The molecule has 0 radical (unpaired) electrons. The predicted molar refractivity (Wildman–Crippen MR) is 82.9 cm³/mol. The quantitative estimate of drug-likeness (QED) is 0.545. The highest BCUT2D eigenvalue weighted by molar-refractivity contribution is 5.94. The summed E-state index contributed by atoms with van der Waals surface area (Å²) in [4.78, 5) is 36.1. The summed E-state index contributed by atoms with van der Waals surface area (Å²) in [5, 5.41) is 0. The monoisotopic (exact) mass is 303 g/mol. The predicted octanol–water partition coefficient (Wildman–Crippen LogP) is 2.11. The van der Waals surface area contributed by atoms with E-state index in [1.165, 1.54) is 17.9 Å². The van der Waals surface area contributed by atoms with Crippen molar-refractivity contribution in [1.29, 1.82) is 0 Å². The summed E-state index contributed by atoms with van der Waals surface area (Å²) in [6.07, 6.45) is 2.57. The van der Waals surface area contributed by atoms with Gasteiger partial charge in [0.05, 0.1) is 6.61 Å². The Bertz CT molecular complexity index is 537. The van der Waals surface area contributed by atoms with Crippen molar-refractivity contribution in [2.75, 3.05) is 13.2 Å². The first kappa shape index (κ1) is 17.6. The Hall–Kier alpha value is -2.43. The van der Waals surface area contributed by atoms with Crippen LogP contribution in [0.2, 0.25) is 0 Å². The molecule has 0 N–H and O–H groups in total. The molecule has 0 fully saturated rings.